The van der Waals surface area contributed by atoms with Crippen LogP contribution in [0.4, 0.5) is 17.2 Å². The van der Waals surface area contributed by atoms with Crippen LogP contribution in [0.15, 0.2) is 89.9 Å². The number of para-hydroxylation sites is 1. The Labute approximate surface area is 243 Å². The van der Waals surface area contributed by atoms with Crippen LogP contribution in [0.2, 0.25) is 0 Å². The maximum Gasteiger partial charge on any atom is 0.284 e. The molecule has 0 spiro atoms. The molecule has 0 saturated carbocycles. The summed E-state index contributed by atoms with van der Waals surface area (Å²) in [6, 6.07) is 24.6. The molecule has 0 unspecified atom stereocenters. The molecule has 3 heterocycles. The summed E-state index contributed by atoms with van der Waals surface area (Å²) in [4.78, 5) is 38.0. The molecule has 1 saturated heterocycles. The van der Waals surface area contributed by atoms with Gasteiger partial charge in [0.1, 0.15) is 17.1 Å². The number of aromatic nitrogens is 4. The van der Waals surface area contributed by atoms with E-state index in [9.17, 15) is 9.59 Å². The van der Waals surface area contributed by atoms with Crippen molar-refractivity contribution in [1.29, 1.82) is 0 Å². The molecular weight excluding hydrogens is 530 g/mol. The van der Waals surface area contributed by atoms with Crippen LogP contribution in [0.1, 0.15) is 16.1 Å². The Bertz CT molecular complexity index is 1800. The van der Waals surface area contributed by atoms with Crippen LogP contribution in [0, 0.1) is 6.92 Å². The molecule has 6 rings (SSSR count). The molecule has 10 nitrogen and oxygen atoms in total. The first-order chi connectivity index (χ1) is 20.4. The molecule has 0 atom stereocenters. The van der Waals surface area contributed by atoms with Crippen molar-refractivity contribution in [3.8, 4) is 28.2 Å². The molecule has 0 aliphatic carbocycles. The van der Waals surface area contributed by atoms with Gasteiger partial charge in [-0.1, -0.05) is 42.5 Å². The summed E-state index contributed by atoms with van der Waals surface area (Å²) in [6.07, 6.45) is 1.68. The number of nitrogens with two attached hydrogens (primary N) is 1. The van der Waals surface area contributed by atoms with E-state index in [0.29, 0.717) is 47.5 Å². The number of hydrogen-bond acceptors (Lipinski definition) is 7. The van der Waals surface area contributed by atoms with E-state index in [4.69, 9.17) is 15.5 Å². The first-order valence-electron chi connectivity index (χ1n) is 13.7. The molecule has 42 heavy (non-hydrogen) atoms. The Morgan fingerprint density at radius 1 is 0.929 bits per heavy atom. The average Bonchev–Trinajstić information content (AvgIpc) is 3.25. The summed E-state index contributed by atoms with van der Waals surface area (Å²) in [7, 11) is 1.76. The predicted octanol–water partition coefficient (Wildman–Crippen LogP) is 4.28. The number of rotatable bonds is 6. The van der Waals surface area contributed by atoms with Crippen LogP contribution in [-0.2, 0) is 11.8 Å². The van der Waals surface area contributed by atoms with Crippen LogP contribution in [0.3, 0.4) is 0 Å². The monoisotopic (exact) mass is 561 g/mol. The minimum Gasteiger partial charge on any atom is -0.382 e. The zero-order valence-corrected chi connectivity index (χ0v) is 23.4. The second kappa shape index (κ2) is 11.3. The molecule has 5 aromatic rings. The minimum atomic E-state index is -0.475. The number of nitrogens with zero attached hydrogens (tertiary/aromatic N) is 5. The van der Waals surface area contributed by atoms with Crippen LogP contribution < -0.4 is 21.5 Å². The lowest BCUT2D eigenvalue weighted by Crippen LogP contribution is -2.36. The summed E-state index contributed by atoms with van der Waals surface area (Å²) in [6.45, 7) is 4.87. The molecule has 1 amide bonds. The Kier molecular flexibility index (Phi) is 7.28. The number of hydrogen-bond donors (Lipinski definition) is 2. The zero-order chi connectivity index (χ0) is 29.2. The van der Waals surface area contributed by atoms with Crippen molar-refractivity contribution in [2.75, 3.05) is 42.3 Å². The van der Waals surface area contributed by atoms with E-state index in [1.807, 2.05) is 54.6 Å². The van der Waals surface area contributed by atoms with Crippen molar-refractivity contribution in [3.63, 3.8) is 0 Å². The first-order valence-corrected chi connectivity index (χ1v) is 13.7. The van der Waals surface area contributed by atoms with Gasteiger partial charge < -0.3 is 20.7 Å². The topological polar surface area (TPSA) is 120 Å². The quantitative estimate of drug-likeness (QED) is 0.318. The van der Waals surface area contributed by atoms with E-state index >= 15 is 0 Å². The molecule has 1 aliphatic heterocycles. The summed E-state index contributed by atoms with van der Waals surface area (Å²) in [5.74, 6) is -0.168. The number of amides is 1. The molecule has 10 heteroatoms. The van der Waals surface area contributed by atoms with Crippen LogP contribution in [0.5, 0.6) is 0 Å². The van der Waals surface area contributed by atoms with E-state index in [-0.39, 0.29) is 11.1 Å². The molecule has 0 radical (unpaired) electrons. The van der Waals surface area contributed by atoms with E-state index in [2.05, 4.69) is 27.3 Å². The highest BCUT2D eigenvalue weighted by Crippen LogP contribution is 2.29. The maximum absolute atomic E-state index is 13.2. The molecule has 3 N–H and O–H groups in total. The maximum atomic E-state index is 13.2. The molecule has 212 valence electrons. The Morgan fingerprint density at radius 2 is 1.64 bits per heavy atom. The molecule has 1 aliphatic rings. The van der Waals surface area contributed by atoms with Gasteiger partial charge in [0.15, 0.2) is 0 Å². The van der Waals surface area contributed by atoms with Gasteiger partial charge >= 0.3 is 0 Å². The molecule has 1 fully saturated rings. The fourth-order valence-electron chi connectivity index (χ4n) is 5.17. The van der Waals surface area contributed by atoms with Gasteiger partial charge in [-0.25, -0.2) is 14.6 Å². The fraction of sp³-hybridized carbons (Fsp3) is 0.188. The van der Waals surface area contributed by atoms with Gasteiger partial charge in [0.05, 0.1) is 36.5 Å². The van der Waals surface area contributed by atoms with Gasteiger partial charge in [-0.2, -0.15) is 0 Å². The third kappa shape index (κ3) is 5.15. The summed E-state index contributed by atoms with van der Waals surface area (Å²) in [5, 5.41) is 2.85. The Balaban J connectivity index is 1.23. The van der Waals surface area contributed by atoms with Crippen molar-refractivity contribution < 1.29 is 9.53 Å². The largest absolute Gasteiger partial charge is 0.382 e. The third-order valence-electron chi connectivity index (χ3n) is 7.52. The smallest absolute Gasteiger partial charge is 0.284 e. The Hall–Kier alpha value is -5.22. The van der Waals surface area contributed by atoms with E-state index in [1.165, 1.54) is 4.68 Å². The van der Waals surface area contributed by atoms with Crippen LogP contribution >= 0.6 is 0 Å². The number of ether oxygens (including phenoxy) is 1. The first kappa shape index (κ1) is 27.0. The standard InChI is InChI=1S/C32H31N7O3/c1-21-28(32(41)39(37(21)2)25-8-4-3-5-9-25)31(40)35-24-13-11-22(12-14-24)29-30(33)34-20-27(36-29)23-7-6-10-26(19-23)38-15-17-42-18-16-38/h3-14,19-20H,15-18H2,1-2H3,(H2,33,34)(H,35,40). The lowest BCUT2D eigenvalue weighted by atomic mass is 10.1. The minimum absolute atomic E-state index is 0.0903. The Morgan fingerprint density at radius 3 is 2.38 bits per heavy atom. The van der Waals surface area contributed by atoms with Crippen LogP contribution in [0.25, 0.3) is 28.2 Å². The second-order valence-electron chi connectivity index (χ2n) is 10.1. The number of carbonyl (C=O) groups is 1. The van der Waals surface area contributed by atoms with E-state index < -0.39 is 5.91 Å². The number of benzene rings is 3. The van der Waals surface area contributed by atoms with Gasteiger partial charge in [0.25, 0.3) is 11.5 Å². The lowest BCUT2D eigenvalue weighted by molar-refractivity contribution is 0.102. The number of carbonyl (C=O) groups excluding carboxylic acids is 1. The van der Waals surface area contributed by atoms with Crippen molar-refractivity contribution in [1.82, 2.24) is 19.3 Å². The predicted molar refractivity (Wildman–Crippen MR) is 164 cm³/mol. The average molecular weight is 562 g/mol. The highest BCUT2D eigenvalue weighted by atomic mass is 16.5. The van der Waals surface area contributed by atoms with Gasteiger partial charge in [-0.3, -0.25) is 14.3 Å². The van der Waals surface area contributed by atoms with Crippen molar-refractivity contribution in [2.45, 2.75) is 6.92 Å². The van der Waals surface area contributed by atoms with Gasteiger partial charge in [-0.05, 0) is 43.3 Å². The third-order valence-corrected chi connectivity index (χ3v) is 7.52. The molecule has 2 aromatic heterocycles. The van der Waals surface area contributed by atoms with Crippen LogP contribution in [-0.4, -0.2) is 51.5 Å². The second-order valence-corrected chi connectivity index (χ2v) is 10.1. The number of morpholine rings is 1. The normalized spacial score (nSPS) is 13.2. The van der Waals surface area contributed by atoms with Gasteiger partial charge in [0.2, 0.25) is 0 Å². The SMILES string of the molecule is Cc1c(C(=O)Nc2ccc(-c3nc(-c4cccc(N5CCOCC5)c4)cnc3N)cc2)c(=O)n(-c2ccccc2)n1C. The van der Waals surface area contributed by atoms with E-state index in [1.54, 1.807) is 37.0 Å². The number of nitrogen functional groups attached to an aromatic ring is 1. The number of anilines is 3. The fourth-order valence-corrected chi connectivity index (χ4v) is 5.17. The summed E-state index contributed by atoms with van der Waals surface area (Å²) in [5.41, 5.74) is 11.8. The van der Waals surface area contributed by atoms with Gasteiger partial charge in [0, 0.05) is 42.6 Å². The van der Waals surface area contributed by atoms with E-state index in [0.717, 1.165) is 29.9 Å². The summed E-state index contributed by atoms with van der Waals surface area (Å²) < 4.78 is 8.65. The van der Waals surface area contributed by atoms with Gasteiger partial charge in [-0.15, -0.1) is 0 Å². The summed E-state index contributed by atoms with van der Waals surface area (Å²) >= 11 is 0. The van der Waals surface area contributed by atoms with Crippen molar-refractivity contribution >= 4 is 23.1 Å². The molecular formula is C32H31N7O3. The number of nitrogens with one attached hydrogen (secondary N) is 1. The molecule has 0 bridgehead atoms. The van der Waals surface area contributed by atoms with Crippen molar-refractivity contribution in [3.05, 3.63) is 107 Å². The highest BCUT2D eigenvalue weighted by Gasteiger charge is 2.22. The zero-order valence-electron chi connectivity index (χ0n) is 23.4. The highest BCUT2D eigenvalue weighted by molar-refractivity contribution is 6.05. The molecule has 3 aromatic carbocycles. The lowest BCUT2D eigenvalue weighted by Gasteiger charge is -2.29. The van der Waals surface area contributed by atoms with Crippen molar-refractivity contribution in [2.24, 2.45) is 7.05 Å².